The minimum absolute atomic E-state index is 0.105. The van der Waals surface area contributed by atoms with E-state index in [0.717, 1.165) is 24.3 Å². The van der Waals surface area contributed by atoms with Gasteiger partial charge in [-0.2, -0.15) is 0 Å². The molecule has 0 atom stereocenters. The van der Waals surface area contributed by atoms with Crippen LogP contribution in [0.1, 0.15) is 49.1 Å². The third-order valence-electron chi connectivity index (χ3n) is 4.26. The molecule has 0 aromatic carbocycles. The maximum atomic E-state index is 9.44. The summed E-state index contributed by atoms with van der Waals surface area (Å²) in [5.41, 5.74) is 2.89. The molecular formula is C17H22N2O3. The number of ether oxygens (including phenoxy) is 1. The SMILES string of the molecule is Cc1nc(-c2onc(C)c2CO)ccc1OC1CCCCC1. The third-order valence-corrected chi connectivity index (χ3v) is 4.26. The quantitative estimate of drug-likeness (QED) is 0.935. The molecule has 2 aromatic heterocycles. The van der Waals surface area contributed by atoms with Crippen molar-refractivity contribution in [2.24, 2.45) is 0 Å². The van der Waals surface area contributed by atoms with Crippen LogP contribution in [0, 0.1) is 13.8 Å². The van der Waals surface area contributed by atoms with Gasteiger partial charge in [-0.3, -0.25) is 0 Å². The highest BCUT2D eigenvalue weighted by molar-refractivity contribution is 5.58. The van der Waals surface area contributed by atoms with Crippen LogP contribution >= 0.6 is 0 Å². The minimum Gasteiger partial charge on any atom is -0.489 e. The summed E-state index contributed by atoms with van der Waals surface area (Å²) in [5.74, 6) is 1.37. The molecule has 1 aliphatic rings. The number of hydrogen-bond donors (Lipinski definition) is 1. The Morgan fingerprint density at radius 2 is 1.95 bits per heavy atom. The fourth-order valence-electron chi connectivity index (χ4n) is 2.94. The molecule has 0 aliphatic heterocycles. The molecule has 0 unspecified atom stereocenters. The van der Waals surface area contributed by atoms with E-state index in [9.17, 15) is 5.11 Å². The first kappa shape index (κ1) is 15.0. The number of rotatable bonds is 4. The Bertz CT molecular complexity index is 645. The second-order valence-corrected chi connectivity index (χ2v) is 5.89. The number of aliphatic hydroxyl groups is 1. The van der Waals surface area contributed by atoms with E-state index in [1.165, 1.54) is 19.3 Å². The number of pyridine rings is 1. The van der Waals surface area contributed by atoms with Crippen molar-refractivity contribution in [3.05, 3.63) is 29.1 Å². The number of aryl methyl sites for hydroxylation is 2. The summed E-state index contributed by atoms with van der Waals surface area (Å²) >= 11 is 0. The highest BCUT2D eigenvalue weighted by atomic mass is 16.5. The van der Waals surface area contributed by atoms with Crippen LogP contribution in [0.2, 0.25) is 0 Å². The normalized spacial score (nSPS) is 16.0. The van der Waals surface area contributed by atoms with E-state index in [4.69, 9.17) is 9.26 Å². The maximum absolute atomic E-state index is 9.44. The van der Waals surface area contributed by atoms with Gasteiger partial charge in [0, 0.05) is 5.56 Å². The largest absolute Gasteiger partial charge is 0.489 e. The van der Waals surface area contributed by atoms with Crippen LogP contribution in [0.25, 0.3) is 11.5 Å². The molecule has 1 N–H and O–H groups in total. The zero-order chi connectivity index (χ0) is 15.5. The number of aromatic nitrogens is 2. The van der Waals surface area contributed by atoms with E-state index in [2.05, 4.69) is 10.1 Å². The summed E-state index contributed by atoms with van der Waals surface area (Å²) in [6, 6.07) is 3.80. The molecule has 0 bridgehead atoms. The lowest BCUT2D eigenvalue weighted by Gasteiger charge is -2.23. The van der Waals surface area contributed by atoms with Gasteiger partial charge in [0.15, 0.2) is 5.76 Å². The molecular weight excluding hydrogens is 280 g/mol. The van der Waals surface area contributed by atoms with Gasteiger partial charge in [0.25, 0.3) is 0 Å². The molecule has 3 rings (SSSR count). The fraction of sp³-hybridized carbons (Fsp3) is 0.529. The minimum atomic E-state index is -0.105. The Morgan fingerprint density at radius 1 is 1.18 bits per heavy atom. The van der Waals surface area contributed by atoms with E-state index in [-0.39, 0.29) is 6.61 Å². The molecule has 1 saturated carbocycles. The summed E-state index contributed by atoms with van der Waals surface area (Å²) in [7, 11) is 0. The highest BCUT2D eigenvalue weighted by Crippen LogP contribution is 2.29. The van der Waals surface area contributed by atoms with Gasteiger partial charge in [0.1, 0.15) is 11.4 Å². The van der Waals surface area contributed by atoms with Crippen LogP contribution in [0.3, 0.4) is 0 Å². The summed E-state index contributed by atoms with van der Waals surface area (Å²) in [4.78, 5) is 4.56. The molecule has 2 aromatic rings. The summed E-state index contributed by atoms with van der Waals surface area (Å²) in [6.45, 7) is 3.64. The first-order valence-corrected chi connectivity index (χ1v) is 7.89. The lowest BCUT2D eigenvalue weighted by Crippen LogP contribution is -2.20. The summed E-state index contributed by atoms with van der Waals surface area (Å²) < 4.78 is 11.4. The molecule has 1 aliphatic carbocycles. The van der Waals surface area contributed by atoms with Crippen molar-refractivity contribution in [3.63, 3.8) is 0 Å². The second-order valence-electron chi connectivity index (χ2n) is 5.89. The van der Waals surface area contributed by atoms with Crippen molar-refractivity contribution in [2.45, 2.75) is 58.7 Å². The molecule has 0 amide bonds. The molecule has 2 heterocycles. The molecule has 22 heavy (non-hydrogen) atoms. The van der Waals surface area contributed by atoms with Gasteiger partial charge in [-0.25, -0.2) is 4.98 Å². The van der Waals surface area contributed by atoms with E-state index >= 15 is 0 Å². The molecule has 0 spiro atoms. The maximum Gasteiger partial charge on any atom is 0.190 e. The molecule has 1 fully saturated rings. The Kier molecular flexibility index (Phi) is 4.43. The van der Waals surface area contributed by atoms with Crippen molar-refractivity contribution in [1.82, 2.24) is 10.1 Å². The predicted octanol–water partition coefficient (Wildman–Crippen LogP) is 3.56. The van der Waals surface area contributed by atoms with E-state index in [0.29, 0.717) is 28.8 Å². The second kappa shape index (κ2) is 6.48. The van der Waals surface area contributed by atoms with Gasteiger partial charge < -0.3 is 14.4 Å². The Labute approximate surface area is 130 Å². The van der Waals surface area contributed by atoms with Gasteiger partial charge in [0.2, 0.25) is 0 Å². The average molecular weight is 302 g/mol. The standard InChI is InChI=1S/C17H22N2O3/c1-11-14(10-20)17(22-19-11)15-8-9-16(12(2)18-15)21-13-6-4-3-5-7-13/h8-9,13,20H,3-7,10H2,1-2H3. The Hall–Kier alpha value is -1.88. The van der Waals surface area contributed by atoms with Gasteiger partial charge in [-0.1, -0.05) is 11.6 Å². The van der Waals surface area contributed by atoms with Crippen LogP contribution in [0.5, 0.6) is 5.75 Å². The zero-order valence-electron chi connectivity index (χ0n) is 13.1. The van der Waals surface area contributed by atoms with Crippen molar-refractivity contribution in [1.29, 1.82) is 0 Å². The molecule has 5 heteroatoms. The first-order valence-electron chi connectivity index (χ1n) is 7.89. The van der Waals surface area contributed by atoms with Crippen LogP contribution in [-0.2, 0) is 6.61 Å². The topological polar surface area (TPSA) is 68.4 Å². The number of aliphatic hydroxyl groups excluding tert-OH is 1. The lowest BCUT2D eigenvalue weighted by atomic mass is 9.98. The van der Waals surface area contributed by atoms with E-state index in [1.807, 2.05) is 26.0 Å². The fourth-order valence-corrected chi connectivity index (χ4v) is 2.94. The third kappa shape index (κ3) is 2.99. The number of hydrogen-bond acceptors (Lipinski definition) is 5. The Morgan fingerprint density at radius 3 is 2.64 bits per heavy atom. The van der Waals surface area contributed by atoms with Gasteiger partial charge >= 0.3 is 0 Å². The van der Waals surface area contributed by atoms with E-state index < -0.39 is 0 Å². The van der Waals surface area contributed by atoms with Crippen molar-refractivity contribution in [2.75, 3.05) is 0 Å². The smallest absolute Gasteiger partial charge is 0.190 e. The monoisotopic (exact) mass is 302 g/mol. The zero-order valence-corrected chi connectivity index (χ0v) is 13.1. The lowest BCUT2D eigenvalue weighted by molar-refractivity contribution is 0.153. The average Bonchev–Trinajstić information content (AvgIpc) is 2.91. The summed E-state index contributed by atoms with van der Waals surface area (Å²) in [5, 5.41) is 13.3. The molecule has 5 nitrogen and oxygen atoms in total. The van der Waals surface area contributed by atoms with Crippen LogP contribution in [0.4, 0.5) is 0 Å². The summed E-state index contributed by atoms with van der Waals surface area (Å²) in [6.07, 6.45) is 6.35. The predicted molar refractivity (Wildman–Crippen MR) is 82.6 cm³/mol. The van der Waals surface area contributed by atoms with E-state index in [1.54, 1.807) is 0 Å². The van der Waals surface area contributed by atoms with Crippen LogP contribution < -0.4 is 4.74 Å². The first-order chi connectivity index (χ1) is 10.7. The van der Waals surface area contributed by atoms with Gasteiger partial charge in [-0.05, 0) is 51.7 Å². The van der Waals surface area contributed by atoms with Crippen LogP contribution in [0.15, 0.2) is 16.7 Å². The molecule has 0 radical (unpaired) electrons. The number of nitrogens with zero attached hydrogens (tertiary/aromatic N) is 2. The molecule has 118 valence electrons. The Balaban J connectivity index is 1.82. The molecule has 0 saturated heterocycles. The van der Waals surface area contributed by atoms with Gasteiger partial charge in [0.05, 0.1) is 24.1 Å². The van der Waals surface area contributed by atoms with Gasteiger partial charge in [-0.15, -0.1) is 0 Å². The van der Waals surface area contributed by atoms with Crippen molar-refractivity contribution in [3.8, 4) is 17.2 Å². The van der Waals surface area contributed by atoms with Crippen LogP contribution in [-0.4, -0.2) is 21.4 Å². The van der Waals surface area contributed by atoms with Crippen molar-refractivity contribution < 1.29 is 14.4 Å². The highest BCUT2D eigenvalue weighted by Gasteiger charge is 2.19. The van der Waals surface area contributed by atoms with Crippen molar-refractivity contribution >= 4 is 0 Å².